The van der Waals surface area contributed by atoms with Gasteiger partial charge in [0.15, 0.2) is 0 Å². The number of carboxylic acids is 1. The third-order valence-corrected chi connectivity index (χ3v) is 3.21. The summed E-state index contributed by atoms with van der Waals surface area (Å²) < 4.78 is 0. The van der Waals surface area contributed by atoms with Crippen molar-refractivity contribution in [3.8, 4) is 0 Å². The van der Waals surface area contributed by atoms with Gasteiger partial charge in [0, 0.05) is 13.6 Å². The van der Waals surface area contributed by atoms with E-state index in [1.165, 1.54) is 11.8 Å². The van der Waals surface area contributed by atoms with Gasteiger partial charge in [-0.05, 0) is 18.9 Å². The molecule has 0 aliphatic carbocycles. The minimum atomic E-state index is -1.23. The lowest BCUT2D eigenvalue weighted by molar-refractivity contribution is -0.144. The van der Waals surface area contributed by atoms with E-state index in [1.54, 1.807) is 7.05 Å². The van der Waals surface area contributed by atoms with Crippen LogP contribution in [0.3, 0.4) is 0 Å². The van der Waals surface area contributed by atoms with Crippen LogP contribution in [-0.2, 0) is 11.3 Å². The fourth-order valence-corrected chi connectivity index (χ4v) is 1.98. The Kier molecular flexibility index (Phi) is 5.55. The standard InChI is InChI=1S/C15H22N2O3/c1-4-10-15(2,13(18)19)16-14(20)17(3)11-12-8-6-5-7-9-12/h5-9H,4,10-11H2,1-3H3,(H,16,20)(H,18,19). The molecule has 20 heavy (non-hydrogen) atoms. The fraction of sp³-hybridized carbons (Fsp3) is 0.467. The first kappa shape index (κ1) is 16.0. The molecule has 0 heterocycles. The summed E-state index contributed by atoms with van der Waals surface area (Å²) in [7, 11) is 1.65. The highest BCUT2D eigenvalue weighted by Gasteiger charge is 2.34. The molecule has 0 aliphatic rings. The van der Waals surface area contributed by atoms with Crippen LogP contribution in [0.15, 0.2) is 30.3 Å². The Bertz CT molecular complexity index is 461. The van der Waals surface area contributed by atoms with Crippen molar-refractivity contribution in [2.75, 3.05) is 7.05 Å². The summed E-state index contributed by atoms with van der Waals surface area (Å²) in [5, 5.41) is 11.9. The average Bonchev–Trinajstić information content (AvgIpc) is 2.39. The number of nitrogens with zero attached hydrogens (tertiary/aromatic N) is 1. The van der Waals surface area contributed by atoms with Crippen LogP contribution in [0.1, 0.15) is 32.3 Å². The van der Waals surface area contributed by atoms with Crippen LogP contribution in [0.25, 0.3) is 0 Å². The molecular formula is C15H22N2O3. The van der Waals surface area contributed by atoms with Gasteiger partial charge in [0.2, 0.25) is 0 Å². The zero-order valence-electron chi connectivity index (χ0n) is 12.2. The van der Waals surface area contributed by atoms with Gasteiger partial charge in [-0.3, -0.25) is 0 Å². The van der Waals surface area contributed by atoms with Crippen molar-refractivity contribution in [3.05, 3.63) is 35.9 Å². The molecule has 1 atom stereocenters. The molecule has 0 saturated carbocycles. The minimum Gasteiger partial charge on any atom is -0.480 e. The van der Waals surface area contributed by atoms with Gasteiger partial charge in [0.05, 0.1) is 0 Å². The van der Waals surface area contributed by atoms with Crippen molar-refractivity contribution in [1.82, 2.24) is 10.2 Å². The van der Waals surface area contributed by atoms with Crippen molar-refractivity contribution in [2.24, 2.45) is 0 Å². The molecule has 0 bridgehead atoms. The Balaban J connectivity index is 2.67. The number of carboxylic acid groups (broad SMARTS) is 1. The van der Waals surface area contributed by atoms with Crippen LogP contribution in [0.2, 0.25) is 0 Å². The number of carbonyl (C=O) groups is 2. The first-order chi connectivity index (χ1) is 9.39. The maximum Gasteiger partial charge on any atom is 0.329 e. The number of hydrogen-bond acceptors (Lipinski definition) is 2. The first-order valence-corrected chi connectivity index (χ1v) is 6.69. The zero-order valence-corrected chi connectivity index (χ0v) is 12.2. The lowest BCUT2D eigenvalue weighted by Gasteiger charge is -2.29. The molecule has 110 valence electrons. The highest BCUT2D eigenvalue weighted by molar-refractivity contribution is 5.85. The number of carbonyl (C=O) groups excluding carboxylic acids is 1. The molecule has 0 aromatic heterocycles. The van der Waals surface area contributed by atoms with E-state index in [0.717, 1.165) is 5.56 Å². The van der Waals surface area contributed by atoms with Crippen LogP contribution in [-0.4, -0.2) is 34.6 Å². The molecule has 0 saturated heterocycles. The number of amides is 2. The Hall–Kier alpha value is -2.04. The van der Waals surface area contributed by atoms with E-state index in [4.69, 9.17) is 0 Å². The van der Waals surface area contributed by atoms with E-state index in [-0.39, 0.29) is 6.03 Å². The second-order valence-electron chi connectivity index (χ2n) is 5.16. The smallest absolute Gasteiger partial charge is 0.329 e. The van der Waals surface area contributed by atoms with Crippen LogP contribution >= 0.6 is 0 Å². The van der Waals surface area contributed by atoms with E-state index < -0.39 is 11.5 Å². The summed E-state index contributed by atoms with van der Waals surface area (Å²) >= 11 is 0. The summed E-state index contributed by atoms with van der Waals surface area (Å²) in [5.74, 6) is -1.01. The monoisotopic (exact) mass is 278 g/mol. The molecule has 2 amide bonds. The lowest BCUT2D eigenvalue weighted by atomic mass is 9.96. The molecule has 5 nitrogen and oxygen atoms in total. The van der Waals surface area contributed by atoms with Crippen molar-refractivity contribution in [1.29, 1.82) is 0 Å². The van der Waals surface area contributed by atoms with Gasteiger partial charge in [0.25, 0.3) is 0 Å². The predicted octanol–water partition coefficient (Wildman–Crippen LogP) is 2.47. The van der Waals surface area contributed by atoms with Gasteiger partial charge < -0.3 is 15.3 Å². The number of hydrogen-bond donors (Lipinski definition) is 2. The number of nitrogens with one attached hydrogen (secondary N) is 1. The molecule has 1 aromatic carbocycles. The third kappa shape index (κ3) is 4.26. The van der Waals surface area contributed by atoms with Gasteiger partial charge in [-0.1, -0.05) is 43.7 Å². The number of aliphatic carboxylic acids is 1. The summed E-state index contributed by atoms with van der Waals surface area (Å²) in [6.45, 7) is 3.86. The molecule has 1 unspecified atom stereocenters. The van der Waals surface area contributed by atoms with Crippen LogP contribution in [0.4, 0.5) is 4.79 Å². The Morgan fingerprint density at radius 3 is 2.40 bits per heavy atom. The Labute approximate surface area is 119 Å². The first-order valence-electron chi connectivity index (χ1n) is 6.69. The number of rotatable bonds is 6. The van der Waals surface area contributed by atoms with E-state index in [2.05, 4.69) is 5.32 Å². The van der Waals surface area contributed by atoms with Crippen LogP contribution in [0.5, 0.6) is 0 Å². The Morgan fingerprint density at radius 1 is 1.30 bits per heavy atom. The van der Waals surface area contributed by atoms with Crippen molar-refractivity contribution >= 4 is 12.0 Å². The van der Waals surface area contributed by atoms with Crippen LogP contribution in [0, 0.1) is 0 Å². The normalized spacial score (nSPS) is 13.3. The molecule has 2 N–H and O–H groups in total. The van der Waals surface area contributed by atoms with E-state index >= 15 is 0 Å². The van der Waals surface area contributed by atoms with Gasteiger partial charge in [-0.25, -0.2) is 9.59 Å². The topological polar surface area (TPSA) is 69.6 Å². The van der Waals surface area contributed by atoms with Crippen molar-refractivity contribution < 1.29 is 14.7 Å². The average molecular weight is 278 g/mol. The maximum absolute atomic E-state index is 12.1. The Morgan fingerprint density at radius 2 is 1.90 bits per heavy atom. The predicted molar refractivity (Wildman–Crippen MR) is 77.4 cm³/mol. The maximum atomic E-state index is 12.1. The van der Waals surface area contributed by atoms with E-state index in [9.17, 15) is 14.7 Å². The molecule has 1 rings (SSSR count). The number of benzene rings is 1. The molecule has 0 spiro atoms. The minimum absolute atomic E-state index is 0.382. The quantitative estimate of drug-likeness (QED) is 0.840. The summed E-state index contributed by atoms with van der Waals surface area (Å²) in [6.07, 6.45) is 1.08. The summed E-state index contributed by atoms with van der Waals surface area (Å²) in [6, 6.07) is 9.18. The highest BCUT2D eigenvalue weighted by atomic mass is 16.4. The summed E-state index contributed by atoms with van der Waals surface area (Å²) in [4.78, 5) is 24.9. The molecule has 5 heteroatoms. The second kappa shape index (κ2) is 6.93. The molecule has 0 fully saturated rings. The second-order valence-corrected chi connectivity index (χ2v) is 5.16. The molecule has 0 aliphatic heterocycles. The van der Waals surface area contributed by atoms with Gasteiger partial charge in [-0.15, -0.1) is 0 Å². The van der Waals surface area contributed by atoms with Crippen molar-refractivity contribution in [2.45, 2.75) is 38.8 Å². The van der Waals surface area contributed by atoms with Crippen LogP contribution < -0.4 is 5.32 Å². The van der Waals surface area contributed by atoms with Gasteiger partial charge >= 0.3 is 12.0 Å². The lowest BCUT2D eigenvalue weighted by Crippen LogP contribution is -2.55. The molecule has 0 radical (unpaired) electrons. The molecule has 1 aromatic rings. The highest BCUT2D eigenvalue weighted by Crippen LogP contribution is 2.13. The largest absolute Gasteiger partial charge is 0.480 e. The fourth-order valence-electron chi connectivity index (χ4n) is 1.98. The van der Waals surface area contributed by atoms with Crippen molar-refractivity contribution in [3.63, 3.8) is 0 Å². The van der Waals surface area contributed by atoms with Gasteiger partial charge in [0.1, 0.15) is 5.54 Å². The SMILES string of the molecule is CCCC(C)(NC(=O)N(C)Cc1ccccc1)C(=O)O. The third-order valence-electron chi connectivity index (χ3n) is 3.21. The zero-order chi connectivity index (χ0) is 15.2. The summed E-state index contributed by atoms with van der Waals surface area (Å²) in [5.41, 5.74) is -0.228. The van der Waals surface area contributed by atoms with Gasteiger partial charge in [-0.2, -0.15) is 0 Å². The number of urea groups is 1. The van der Waals surface area contributed by atoms with E-state index in [1.807, 2.05) is 37.3 Å². The molecular weight excluding hydrogens is 256 g/mol. The van der Waals surface area contributed by atoms with E-state index in [0.29, 0.717) is 19.4 Å².